The van der Waals surface area contributed by atoms with Crippen LogP contribution in [0.4, 0.5) is 16.2 Å². The first-order valence-corrected chi connectivity index (χ1v) is 9.14. The number of ketones is 1. The van der Waals surface area contributed by atoms with Gasteiger partial charge in [-0.25, -0.2) is 4.79 Å². The van der Waals surface area contributed by atoms with Crippen LogP contribution in [0.15, 0.2) is 12.1 Å². The molecule has 1 aliphatic rings. The Morgan fingerprint density at radius 1 is 1.29 bits per heavy atom. The van der Waals surface area contributed by atoms with Crippen LogP contribution in [0.1, 0.15) is 42.6 Å². The van der Waals surface area contributed by atoms with Crippen LogP contribution >= 0.6 is 0 Å². The average Bonchev–Trinajstić information content (AvgIpc) is 2.63. The maximum atomic E-state index is 12.3. The Morgan fingerprint density at radius 3 is 2.61 bits per heavy atom. The van der Waals surface area contributed by atoms with E-state index in [0.29, 0.717) is 36.1 Å². The van der Waals surface area contributed by atoms with E-state index in [-0.39, 0.29) is 18.2 Å². The van der Waals surface area contributed by atoms with Gasteiger partial charge in [-0.15, -0.1) is 0 Å². The number of hydrogen-bond acceptors (Lipinski definition) is 7. The van der Waals surface area contributed by atoms with Crippen molar-refractivity contribution in [2.75, 3.05) is 17.6 Å². The summed E-state index contributed by atoms with van der Waals surface area (Å²) in [4.78, 5) is 46.9. The Morgan fingerprint density at radius 2 is 2.00 bits per heavy atom. The Hall–Kier alpha value is -3.10. The van der Waals surface area contributed by atoms with E-state index in [2.05, 4.69) is 10.6 Å². The van der Waals surface area contributed by atoms with Crippen LogP contribution in [0.2, 0.25) is 0 Å². The third kappa shape index (κ3) is 4.99. The number of carbonyl (C=O) groups excluding carboxylic acids is 4. The maximum absolute atomic E-state index is 12.3. The third-order valence-electron chi connectivity index (χ3n) is 4.57. The SMILES string of the molecule is CC(C)[C@H](OC(N)=O)C(=O)N[C@H](C=O)CNc1ccc(N)c2c1CCCC2=O. The van der Waals surface area contributed by atoms with E-state index >= 15 is 0 Å². The lowest BCUT2D eigenvalue weighted by Crippen LogP contribution is -2.48. The van der Waals surface area contributed by atoms with Gasteiger partial charge in [0.25, 0.3) is 5.91 Å². The number of nitrogens with two attached hydrogens (primary N) is 2. The number of ether oxygens (including phenoxy) is 1. The Bertz CT molecular complexity index is 778. The fraction of sp³-hybridized carbons (Fsp3) is 0.474. The molecule has 0 aromatic heterocycles. The molecule has 0 heterocycles. The minimum absolute atomic E-state index is 0.00557. The van der Waals surface area contributed by atoms with Crippen molar-refractivity contribution in [2.24, 2.45) is 11.7 Å². The third-order valence-corrected chi connectivity index (χ3v) is 4.57. The summed E-state index contributed by atoms with van der Waals surface area (Å²) in [6.07, 6.45) is 0.327. The van der Waals surface area contributed by atoms with Crippen molar-refractivity contribution >= 4 is 35.4 Å². The molecule has 1 aliphatic carbocycles. The monoisotopic (exact) mass is 390 g/mol. The average molecular weight is 390 g/mol. The second kappa shape index (κ2) is 9.20. The lowest BCUT2D eigenvalue weighted by molar-refractivity contribution is -0.133. The van der Waals surface area contributed by atoms with Gasteiger partial charge >= 0.3 is 6.09 Å². The highest BCUT2D eigenvalue weighted by Crippen LogP contribution is 2.32. The number of primary amides is 1. The summed E-state index contributed by atoms with van der Waals surface area (Å²) in [7, 11) is 0. The summed E-state index contributed by atoms with van der Waals surface area (Å²) in [6.45, 7) is 3.49. The van der Waals surface area contributed by atoms with Crippen molar-refractivity contribution in [3.8, 4) is 0 Å². The standard InChI is InChI=1S/C19H26N4O5/c1-10(2)17(28-19(21)27)18(26)23-11(9-24)8-22-14-7-6-13(20)16-12(14)4-3-5-15(16)25/h6-7,9-11,17,22H,3-5,8,20H2,1-2H3,(H2,21,27)(H,23,26)/t11-,17-/m0/s1. The first-order valence-electron chi connectivity index (χ1n) is 9.14. The van der Waals surface area contributed by atoms with Crippen molar-refractivity contribution in [1.29, 1.82) is 0 Å². The van der Waals surface area contributed by atoms with E-state index in [1.807, 2.05) is 0 Å². The molecule has 0 saturated carbocycles. The number of nitrogen functional groups attached to an aromatic ring is 1. The predicted octanol–water partition coefficient (Wildman–Crippen LogP) is 1.00. The molecule has 6 N–H and O–H groups in total. The first kappa shape index (κ1) is 21.2. The summed E-state index contributed by atoms with van der Waals surface area (Å²) < 4.78 is 4.82. The van der Waals surface area contributed by atoms with Crippen molar-refractivity contribution in [2.45, 2.75) is 45.3 Å². The Kier molecular flexibility index (Phi) is 6.97. The summed E-state index contributed by atoms with van der Waals surface area (Å²) in [5.41, 5.74) is 13.4. The molecule has 28 heavy (non-hydrogen) atoms. The van der Waals surface area contributed by atoms with Crippen LogP contribution < -0.4 is 22.1 Å². The number of aldehydes is 1. The lowest BCUT2D eigenvalue weighted by Gasteiger charge is -2.24. The van der Waals surface area contributed by atoms with Gasteiger partial charge in [-0.2, -0.15) is 0 Å². The number of anilines is 2. The van der Waals surface area contributed by atoms with Crippen LogP contribution in [-0.4, -0.2) is 42.8 Å². The molecule has 0 unspecified atom stereocenters. The second-order valence-electron chi connectivity index (χ2n) is 7.07. The summed E-state index contributed by atoms with van der Waals surface area (Å²) in [5, 5.41) is 5.63. The predicted molar refractivity (Wildman–Crippen MR) is 104 cm³/mol. The fourth-order valence-electron chi connectivity index (χ4n) is 3.21. The van der Waals surface area contributed by atoms with E-state index in [0.717, 1.165) is 12.0 Å². The minimum atomic E-state index is -1.10. The molecule has 0 radical (unpaired) electrons. The molecule has 152 valence electrons. The van der Waals surface area contributed by atoms with Crippen LogP contribution in [0.5, 0.6) is 0 Å². The largest absolute Gasteiger partial charge is 0.436 e. The van der Waals surface area contributed by atoms with E-state index in [1.54, 1.807) is 26.0 Å². The number of carbonyl (C=O) groups is 4. The quantitative estimate of drug-likeness (QED) is 0.381. The molecule has 1 aromatic rings. The van der Waals surface area contributed by atoms with Gasteiger partial charge in [0, 0.05) is 29.9 Å². The van der Waals surface area contributed by atoms with Crippen molar-refractivity contribution in [1.82, 2.24) is 5.32 Å². The van der Waals surface area contributed by atoms with Crippen LogP contribution in [0.25, 0.3) is 0 Å². The van der Waals surface area contributed by atoms with Crippen LogP contribution in [-0.2, 0) is 20.7 Å². The smallest absolute Gasteiger partial charge is 0.405 e. The number of benzene rings is 1. The summed E-state index contributed by atoms with van der Waals surface area (Å²) in [6, 6.07) is 2.54. The van der Waals surface area contributed by atoms with Crippen LogP contribution in [0, 0.1) is 5.92 Å². The zero-order valence-corrected chi connectivity index (χ0v) is 16.0. The number of amides is 2. The fourth-order valence-corrected chi connectivity index (χ4v) is 3.21. The van der Waals surface area contributed by atoms with Gasteiger partial charge in [0.15, 0.2) is 11.9 Å². The first-order chi connectivity index (χ1) is 13.2. The molecule has 9 nitrogen and oxygen atoms in total. The van der Waals surface area contributed by atoms with Gasteiger partial charge in [-0.05, 0) is 36.5 Å². The Labute approximate surface area is 163 Å². The normalized spacial score (nSPS) is 15.3. The van der Waals surface area contributed by atoms with Gasteiger partial charge in [0.05, 0.1) is 0 Å². The van der Waals surface area contributed by atoms with Crippen LogP contribution in [0.3, 0.4) is 0 Å². The van der Waals surface area contributed by atoms with Crippen molar-refractivity contribution < 1.29 is 23.9 Å². The van der Waals surface area contributed by atoms with Gasteiger partial charge in [-0.3, -0.25) is 9.59 Å². The number of nitrogens with one attached hydrogen (secondary N) is 2. The van der Waals surface area contributed by atoms with E-state index < -0.39 is 24.1 Å². The molecule has 9 heteroatoms. The summed E-state index contributed by atoms with van der Waals surface area (Å²) in [5.74, 6) is -0.920. The zero-order valence-electron chi connectivity index (χ0n) is 16.0. The molecule has 2 rings (SSSR count). The highest BCUT2D eigenvalue weighted by Gasteiger charge is 2.28. The van der Waals surface area contributed by atoms with Gasteiger partial charge in [0.2, 0.25) is 0 Å². The lowest BCUT2D eigenvalue weighted by atomic mass is 9.88. The second-order valence-corrected chi connectivity index (χ2v) is 7.07. The molecular weight excluding hydrogens is 364 g/mol. The molecule has 0 fully saturated rings. The molecule has 2 amide bonds. The molecule has 1 aromatic carbocycles. The molecule has 0 saturated heterocycles. The number of rotatable bonds is 8. The van der Waals surface area contributed by atoms with Gasteiger partial charge in [-0.1, -0.05) is 13.8 Å². The molecular formula is C19H26N4O5. The molecule has 2 atom stereocenters. The van der Waals surface area contributed by atoms with E-state index in [4.69, 9.17) is 16.2 Å². The zero-order chi connectivity index (χ0) is 20.8. The van der Waals surface area contributed by atoms with Crippen molar-refractivity contribution in [3.05, 3.63) is 23.3 Å². The van der Waals surface area contributed by atoms with Gasteiger partial charge < -0.3 is 31.6 Å². The highest BCUT2D eigenvalue weighted by molar-refractivity contribution is 6.04. The maximum Gasteiger partial charge on any atom is 0.405 e. The number of fused-ring (bicyclic) bond motifs is 1. The molecule has 0 spiro atoms. The van der Waals surface area contributed by atoms with Gasteiger partial charge in [0.1, 0.15) is 12.3 Å². The number of Topliss-reactive ketones (excluding diaryl/α,β-unsaturated/α-hetero) is 1. The molecule has 0 bridgehead atoms. The number of hydrogen-bond donors (Lipinski definition) is 4. The molecule has 0 aliphatic heterocycles. The Balaban J connectivity index is 2.07. The van der Waals surface area contributed by atoms with E-state index in [1.165, 1.54) is 0 Å². The highest BCUT2D eigenvalue weighted by atomic mass is 16.6. The topological polar surface area (TPSA) is 154 Å². The minimum Gasteiger partial charge on any atom is -0.436 e. The summed E-state index contributed by atoms with van der Waals surface area (Å²) >= 11 is 0. The van der Waals surface area contributed by atoms with E-state index in [9.17, 15) is 19.2 Å². The van der Waals surface area contributed by atoms with Crippen molar-refractivity contribution in [3.63, 3.8) is 0 Å².